The molecule has 1 rings (SSSR count). The summed E-state index contributed by atoms with van der Waals surface area (Å²) in [4.78, 5) is 17.4. The van der Waals surface area contributed by atoms with Crippen molar-refractivity contribution in [1.82, 2.24) is 0 Å². The van der Waals surface area contributed by atoms with Crippen LogP contribution in [0.5, 0.6) is 0 Å². The monoisotopic (exact) mass is 228 g/mol. The van der Waals surface area contributed by atoms with Gasteiger partial charge in [-0.15, -0.1) is 0 Å². The predicted molar refractivity (Wildman–Crippen MR) is 57.8 cm³/mol. The Morgan fingerprint density at radius 2 is 2.14 bits per heavy atom. The molecule has 0 spiro atoms. The lowest BCUT2D eigenvalue weighted by Crippen LogP contribution is -1.75. The summed E-state index contributed by atoms with van der Waals surface area (Å²) in [7, 11) is 0. The van der Waals surface area contributed by atoms with Crippen molar-refractivity contribution in [3.63, 3.8) is 0 Å². The molecule has 0 aromatic heterocycles. The second-order valence-electron chi connectivity index (χ2n) is 2.53. The third-order valence-corrected chi connectivity index (χ3v) is 1.74. The highest BCUT2D eigenvalue weighted by Gasteiger charge is 1.98. The topological polar surface area (TPSA) is 41.8 Å². The van der Waals surface area contributed by atoms with Crippen LogP contribution in [0.15, 0.2) is 28.2 Å². The molecule has 5 heteroatoms. The Balaban J connectivity index is 3.19. The summed E-state index contributed by atoms with van der Waals surface area (Å²) in [5.41, 5.74) is 1.92. The van der Waals surface area contributed by atoms with E-state index in [-0.39, 0.29) is 4.63 Å². The Bertz CT molecular complexity index is 419. The van der Waals surface area contributed by atoms with Gasteiger partial charge in [0.25, 0.3) is 0 Å². The van der Waals surface area contributed by atoms with Gasteiger partial charge in [-0.1, -0.05) is 6.07 Å². The van der Waals surface area contributed by atoms with Crippen molar-refractivity contribution in [3.8, 4) is 0 Å². The Morgan fingerprint density at radius 1 is 1.43 bits per heavy atom. The van der Waals surface area contributed by atoms with Crippen molar-refractivity contribution in [2.45, 2.75) is 6.92 Å². The molecule has 72 valence electrons. The van der Waals surface area contributed by atoms with Crippen LogP contribution in [-0.4, -0.2) is 10.7 Å². The van der Waals surface area contributed by atoms with E-state index >= 15 is 0 Å². The summed E-state index contributed by atoms with van der Waals surface area (Å²) in [6.07, 6.45) is 1.47. The van der Waals surface area contributed by atoms with Crippen molar-refractivity contribution in [3.05, 3.63) is 23.8 Å². The summed E-state index contributed by atoms with van der Waals surface area (Å²) in [6, 6.07) is 5.10. The second-order valence-corrected chi connectivity index (χ2v) is 3.44. The number of benzene rings is 1. The average Bonchev–Trinajstić information content (AvgIpc) is 2.10. The number of aryl methyl sites for hydroxylation is 1. The quantitative estimate of drug-likeness (QED) is 0.565. The Kier molecular flexibility index (Phi) is 3.84. The molecular formula is C9H6Cl2N2O. The third kappa shape index (κ3) is 2.96. The van der Waals surface area contributed by atoms with Crippen LogP contribution < -0.4 is 0 Å². The van der Waals surface area contributed by atoms with Gasteiger partial charge in [0.2, 0.25) is 6.08 Å². The van der Waals surface area contributed by atoms with Gasteiger partial charge in [-0.25, -0.2) is 9.79 Å². The number of carbonyl (C=O) groups excluding carboxylic acids is 1. The van der Waals surface area contributed by atoms with Gasteiger partial charge in [-0.3, -0.25) is 0 Å². The molecule has 14 heavy (non-hydrogen) atoms. The first-order valence-electron chi connectivity index (χ1n) is 3.71. The number of hydrogen-bond donors (Lipinski definition) is 0. The summed E-state index contributed by atoms with van der Waals surface area (Å²) in [6.45, 7) is 1.83. The lowest BCUT2D eigenvalue weighted by Gasteiger charge is -1.98. The van der Waals surface area contributed by atoms with Gasteiger partial charge in [0, 0.05) is 0 Å². The molecule has 0 atom stereocenters. The maximum absolute atomic E-state index is 10.1. The first-order valence-corrected chi connectivity index (χ1v) is 4.47. The third-order valence-electron chi connectivity index (χ3n) is 1.57. The van der Waals surface area contributed by atoms with Crippen molar-refractivity contribution in [1.29, 1.82) is 0 Å². The van der Waals surface area contributed by atoms with Gasteiger partial charge in [0.1, 0.15) is 0 Å². The van der Waals surface area contributed by atoms with Gasteiger partial charge in [-0.05, 0) is 47.8 Å². The second kappa shape index (κ2) is 4.91. The lowest BCUT2D eigenvalue weighted by atomic mass is 10.2. The van der Waals surface area contributed by atoms with Crippen LogP contribution in [0, 0.1) is 6.92 Å². The number of aliphatic imine (C=N–C) groups is 2. The molecule has 0 amide bonds. The van der Waals surface area contributed by atoms with Crippen LogP contribution in [0.3, 0.4) is 0 Å². The molecule has 0 bridgehead atoms. The molecule has 0 aliphatic heterocycles. The van der Waals surface area contributed by atoms with Crippen LogP contribution in [0.2, 0.25) is 0 Å². The van der Waals surface area contributed by atoms with Gasteiger partial charge < -0.3 is 0 Å². The average molecular weight is 229 g/mol. The van der Waals surface area contributed by atoms with Gasteiger partial charge in [0.05, 0.1) is 11.4 Å². The standard InChI is InChI=1S/C9H6Cl2N2O/c1-6-2-3-7(13-9(10)11)4-8(6)12-5-14/h2-4H,1H3. The highest BCUT2D eigenvalue weighted by molar-refractivity contribution is 6.95. The summed E-state index contributed by atoms with van der Waals surface area (Å²) >= 11 is 10.8. The number of rotatable bonds is 2. The molecule has 0 fully saturated rings. The zero-order valence-corrected chi connectivity index (χ0v) is 8.80. The lowest BCUT2D eigenvalue weighted by molar-refractivity contribution is 0.565. The summed E-state index contributed by atoms with van der Waals surface area (Å²) < 4.78 is -0.0881. The first-order chi connectivity index (χ1) is 6.63. The van der Waals surface area contributed by atoms with Crippen molar-refractivity contribution >= 4 is 45.3 Å². The fourth-order valence-electron chi connectivity index (χ4n) is 0.935. The Morgan fingerprint density at radius 3 is 2.71 bits per heavy atom. The summed E-state index contributed by atoms with van der Waals surface area (Å²) in [5.74, 6) is 0. The van der Waals surface area contributed by atoms with Crippen molar-refractivity contribution < 1.29 is 4.79 Å². The first kappa shape index (κ1) is 10.9. The van der Waals surface area contributed by atoms with E-state index in [4.69, 9.17) is 23.2 Å². The maximum atomic E-state index is 10.1. The van der Waals surface area contributed by atoms with Crippen molar-refractivity contribution in [2.75, 3.05) is 0 Å². The van der Waals surface area contributed by atoms with E-state index in [1.165, 1.54) is 6.08 Å². The number of hydrogen-bond acceptors (Lipinski definition) is 3. The van der Waals surface area contributed by atoms with Crippen molar-refractivity contribution in [2.24, 2.45) is 9.98 Å². The van der Waals surface area contributed by atoms with Gasteiger partial charge >= 0.3 is 0 Å². The fourth-order valence-corrected chi connectivity index (χ4v) is 1.13. The molecule has 0 N–H and O–H groups in total. The van der Waals surface area contributed by atoms with Crippen LogP contribution in [0.4, 0.5) is 11.4 Å². The SMILES string of the molecule is Cc1ccc(N=C(Cl)Cl)cc1N=C=O. The minimum atomic E-state index is -0.0881. The fraction of sp³-hybridized carbons (Fsp3) is 0.111. The predicted octanol–water partition coefficient (Wildman–Crippen LogP) is 3.43. The zero-order valence-electron chi connectivity index (χ0n) is 7.29. The minimum absolute atomic E-state index is 0.0881. The molecule has 0 heterocycles. The molecule has 0 saturated carbocycles. The van der Waals surface area contributed by atoms with Crippen LogP contribution in [0.25, 0.3) is 0 Å². The molecule has 0 aliphatic rings. The molecule has 0 radical (unpaired) electrons. The molecule has 0 aliphatic carbocycles. The van der Waals surface area contributed by atoms with E-state index < -0.39 is 0 Å². The van der Waals surface area contributed by atoms with E-state index in [1.807, 2.05) is 6.92 Å². The van der Waals surface area contributed by atoms with E-state index in [2.05, 4.69) is 9.98 Å². The van der Waals surface area contributed by atoms with Crippen LogP contribution in [-0.2, 0) is 4.79 Å². The van der Waals surface area contributed by atoms with Crippen LogP contribution in [0.1, 0.15) is 5.56 Å². The molecule has 3 nitrogen and oxygen atoms in total. The molecule has 1 aromatic carbocycles. The van der Waals surface area contributed by atoms with E-state index in [0.29, 0.717) is 11.4 Å². The van der Waals surface area contributed by atoms with Gasteiger partial charge in [0.15, 0.2) is 4.63 Å². The highest BCUT2D eigenvalue weighted by atomic mass is 35.5. The summed E-state index contributed by atoms with van der Waals surface area (Å²) in [5, 5.41) is 0. The highest BCUT2D eigenvalue weighted by Crippen LogP contribution is 2.25. The van der Waals surface area contributed by atoms with Gasteiger partial charge in [-0.2, -0.15) is 4.99 Å². The minimum Gasteiger partial charge on any atom is -0.225 e. The smallest absolute Gasteiger partial charge is 0.225 e. The number of nitrogens with zero attached hydrogens (tertiary/aromatic N) is 2. The molecular weight excluding hydrogens is 223 g/mol. The van der Waals surface area contributed by atoms with Crippen LogP contribution >= 0.6 is 23.2 Å². The number of isocyanates is 1. The molecule has 0 unspecified atom stereocenters. The number of halogens is 2. The Labute approximate surface area is 91.1 Å². The molecule has 1 aromatic rings. The maximum Gasteiger partial charge on any atom is 0.240 e. The van der Waals surface area contributed by atoms with E-state index in [0.717, 1.165) is 5.56 Å². The normalized spacial score (nSPS) is 9.07. The van der Waals surface area contributed by atoms with E-state index in [9.17, 15) is 4.79 Å². The Hall–Kier alpha value is -1.15. The largest absolute Gasteiger partial charge is 0.240 e. The zero-order chi connectivity index (χ0) is 10.6. The van der Waals surface area contributed by atoms with E-state index in [1.54, 1.807) is 18.2 Å². The molecule has 0 saturated heterocycles.